The molecular weight excluding hydrogens is 308 g/mol. The summed E-state index contributed by atoms with van der Waals surface area (Å²) in [4.78, 5) is 12.0. The molecule has 0 saturated heterocycles. The Morgan fingerprint density at radius 2 is 1.16 bits per heavy atom. The number of rotatable bonds is 18. The van der Waals surface area contributed by atoms with E-state index in [1.165, 1.54) is 77.0 Å². The molecule has 0 aromatic rings. The minimum atomic E-state index is 0.0839. The van der Waals surface area contributed by atoms with Crippen LogP contribution in [-0.4, -0.2) is 18.0 Å². The van der Waals surface area contributed by atoms with E-state index in [9.17, 15) is 4.79 Å². The molecule has 0 saturated carbocycles. The normalized spacial score (nSPS) is 13.6. The average Bonchev–Trinajstić information content (AvgIpc) is 2.62. The van der Waals surface area contributed by atoms with Crippen molar-refractivity contribution >= 4 is 5.91 Å². The molecule has 3 N–H and O–H groups in total. The van der Waals surface area contributed by atoms with Gasteiger partial charge in [-0.05, 0) is 19.3 Å². The first kappa shape index (κ1) is 24.4. The van der Waals surface area contributed by atoms with E-state index in [1.54, 1.807) is 0 Å². The SMILES string of the molecule is CCCCCCCCCCCCCCCC(=O)NC(CC)C(N)CC. The lowest BCUT2D eigenvalue weighted by atomic mass is 10.0. The van der Waals surface area contributed by atoms with Crippen LogP contribution in [0.25, 0.3) is 0 Å². The minimum Gasteiger partial charge on any atom is -0.352 e. The molecule has 0 aromatic heterocycles. The third-order valence-electron chi connectivity index (χ3n) is 5.28. The quantitative estimate of drug-likeness (QED) is 0.292. The molecule has 0 aliphatic rings. The Labute approximate surface area is 157 Å². The molecule has 0 heterocycles. The molecule has 0 aliphatic carbocycles. The zero-order chi connectivity index (χ0) is 18.8. The summed E-state index contributed by atoms with van der Waals surface area (Å²) < 4.78 is 0. The topological polar surface area (TPSA) is 55.1 Å². The van der Waals surface area contributed by atoms with Gasteiger partial charge in [0.15, 0.2) is 0 Å². The fourth-order valence-electron chi connectivity index (χ4n) is 3.38. The van der Waals surface area contributed by atoms with Gasteiger partial charge in [-0.25, -0.2) is 0 Å². The van der Waals surface area contributed by atoms with Crippen LogP contribution in [0.4, 0.5) is 0 Å². The molecular formula is C22H46N2O. The highest BCUT2D eigenvalue weighted by molar-refractivity contribution is 5.76. The molecule has 0 fully saturated rings. The standard InChI is InChI=1S/C22H46N2O/c1-4-7-8-9-10-11-12-13-14-15-16-17-18-19-22(25)24-21(6-3)20(23)5-2/h20-21H,4-19,23H2,1-3H3,(H,24,25). The lowest BCUT2D eigenvalue weighted by Gasteiger charge is -2.22. The van der Waals surface area contributed by atoms with Crippen molar-refractivity contribution in [1.82, 2.24) is 5.32 Å². The smallest absolute Gasteiger partial charge is 0.220 e. The van der Waals surface area contributed by atoms with E-state index in [2.05, 4.69) is 26.1 Å². The van der Waals surface area contributed by atoms with Crippen LogP contribution in [0.15, 0.2) is 0 Å². The zero-order valence-electron chi connectivity index (χ0n) is 17.5. The molecule has 0 aromatic carbocycles. The van der Waals surface area contributed by atoms with Gasteiger partial charge < -0.3 is 11.1 Å². The maximum atomic E-state index is 12.0. The van der Waals surface area contributed by atoms with Crippen molar-refractivity contribution in [1.29, 1.82) is 0 Å². The second-order valence-corrected chi connectivity index (χ2v) is 7.65. The van der Waals surface area contributed by atoms with E-state index >= 15 is 0 Å². The summed E-state index contributed by atoms with van der Waals surface area (Å²) in [6, 6.07) is 0.222. The first-order chi connectivity index (χ1) is 12.2. The van der Waals surface area contributed by atoms with Gasteiger partial charge in [-0.1, -0.05) is 97.8 Å². The third kappa shape index (κ3) is 15.4. The van der Waals surface area contributed by atoms with Gasteiger partial charge >= 0.3 is 0 Å². The number of nitrogens with two attached hydrogens (primary N) is 1. The molecule has 0 radical (unpaired) electrons. The Bertz CT molecular complexity index is 294. The van der Waals surface area contributed by atoms with E-state index in [1.807, 2.05) is 0 Å². The van der Waals surface area contributed by atoms with Gasteiger partial charge in [-0.2, -0.15) is 0 Å². The van der Waals surface area contributed by atoms with Crippen LogP contribution < -0.4 is 11.1 Å². The number of carbonyl (C=O) groups excluding carboxylic acids is 1. The van der Waals surface area contributed by atoms with Gasteiger partial charge in [0.05, 0.1) is 0 Å². The van der Waals surface area contributed by atoms with Crippen molar-refractivity contribution in [3.63, 3.8) is 0 Å². The predicted molar refractivity (Wildman–Crippen MR) is 111 cm³/mol. The van der Waals surface area contributed by atoms with Crippen molar-refractivity contribution in [3.05, 3.63) is 0 Å². The van der Waals surface area contributed by atoms with Gasteiger partial charge in [0.25, 0.3) is 0 Å². The minimum absolute atomic E-state index is 0.0839. The van der Waals surface area contributed by atoms with Gasteiger partial charge in [0.2, 0.25) is 5.91 Å². The molecule has 0 aliphatic heterocycles. The van der Waals surface area contributed by atoms with Crippen molar-refractivity contribution in [2.45, 2.75) is 136 Å². The molecule has 25 heavy (non-hydrogen) atoms. The van der Waals surface area contributed by atoms with E-state index in [4.69, 9.17) is 5.73 Å². The second kappa shape index (κ2) is 18.2. The van der Waals surface area contributed by atoms with Crippen LogP contribution >= 0.6 is 0 Å². The van der Waals surface area contributed by atoms with Gasteiger partial charge in [-0.3, -0.25) is 4.79 Å². The van der Waals surface area contributed by atoms with E-state index < -0.39 is 0 Å². The van der Waals surface area contributed by atoms with Crippen LogP contribution in [0.1, 0.15) is 124 Å². The Hall–Kier alpha value is -0.570. The highest BCUT2D eigenvalue weighted by Crippen LogP contribution is 2.13. The van der Waals surface area contributed by atoms with Crippen LogP contribution in [-0.2, 0) is 4.79 Å². The molecule has 0 spiro atoms. The average molecular weight is 355 g/mol. The molecule has 1 amide bonds. The summed E-state index contributed by atoms with van der Waals surface area (Å²) in [6.45, 7) is 6.44. The molecule has 3 heteroatoms. The van der Waals surface area contributed by atoms with Crippen molar-refractivity contribution in [2.75, 3.05) is 0 Å². The summed E-state index contributed by atoms with van der Waals surface area (Å²) in [6.07, 6.45) is 19.9. The maximum absolute atomic E-state index is 12.0. The number of carbonyl (C=O) groups is 1. The molecule has 150 valence electrons. The first-order valence-corrected chi connectivity index (χ1v) is 11.2. The Kier molecular flexibility index (Phi) is 17.8. The number of amides is 1. The predicted octanol–water partition coefficient (Wildman–Crippen LogP) is 6.10. The highest BCUT2D eigenvalue weighted by atomic mass is 16.1. The Morgan fingerprint density at radius 3 is 1.56 bits per heavy atom. The van der Waals surface area contributed by atoms with Crippen LogP contribution in [0.2, 0.25) is 0 Å². The first-order valence-electron chi connectivity index (χ1n) is 11.2. The lowest BCUT2D eigenvalue weighted by Crippen LogP contribution is -2.46. The number of hydrogen-bond acceptors (Lipinski definition) is 2. The van der Waals surface area contributed by atoms with Crippen LogP contribution in [0.3, 0.4) is 0 Å². The number of unbranched alkanes of at least 4 members (excludes halogenated alkanes) is 12. The third-order valence-corrected chi connectivity index (χ3v) is 5.28. The Balaban J connectivity index is 3.36. The number of hydrogen-bond donors (Lipinski definition) is 2. The summed E-state index contributed by atoms with van der Waals surface area (Å²) in [5.41, 5.74) is 6.04. The van der Waals surface area contributed by atoms with E-state index in [0.29, 0.717) is 6.42 Å². The summed E-state index contributed by atoms with van der Waals surface area (Å²) in [5, 5.41) is 3.10. The summed E-state index contributed by atoms with van der Waals surface area (Å²) in [5.74, 6) is 0.179. The van der Waals surface area contributed by atoms with Crippen LogP contribution in [0, 0.1) is 0 Å². The maximum Gasteiger partial charge on any atom is 0.220 e. The van der Waals surface area contributed by atoms with Crippen molar-refractivity contribution < 1.29 is 4.79 Å². The fraction of sp³-hybridized carbons (Fsp3) is 0.955. The monoisotopic (exact) mass is 354 g/mol. The van der Waals surface area contributed by atoms with Gasteiger partial charge in [0.1, 0.15) is 0 Å². The van der Waals surface area contributed by atoms with Crippen molar-refractivity contribution in [3.8, 4) is 0 Å². The number of nitrogens with one attached hydrogen (secondary N) is 1. The van der Waals surface area contributed by atoms with Gasteiger partial charge in [-0.15, -0.1) is 0 Å². The molecule has 2 unspecified atom stereocenters. The van der Waals surface area contributed by atoms with Crippen molar-refractivity contribution in [2.24, 2.45) is 5.73 Å². The largest absolute Gasteiger partial charge is 0.352 e. The zero-order valence-corrected chi connectivity index (χ0v) is 17.5. The second-order valence-electron chi connectivity index (χ2n) is 7.65. The van der Waals surface area contributed by atoms with Gasteiger partial charge in [0, 0.05) is 18.5 Å². The summed E-state index contributed by atoms with van der Waals surface area (Å²) >= 11 is 0. The molecule has 0 rings (SSSR count). The van der Waals surface area contributed by atoms with E-state index in [-0.39, 0.29) is 18.0 Å². The van der Waals surface area contributed by atoms with Crippen LogP contribution in [0.5, 0.6) is 0 Å². The molecule has 3 nitrogen and oxygen atoms in total. The molecule has 2 atom stereocenters. The lowest BCUT2D eigenvalue weighted by molar-refractivity contribution is -0.122. The fourth-order valence-corrected chi connectivity index (χ4v) is 3.38. The van der Waals surface area contributed by atoms with E-state index in [0.717, 1.165) is 19.3 Å². The highest BCUT2D eigenvalue weighted by Gasteiger charge is 2.16. The molecule has 0 bridgehead atoms. The Morgan fingerprint density at radius 1 is 0.720 bits per heavy atom. The summed E-state index contributed by atoms with van der Waals surface area (Å²) in [7, 11) is 0.